The number of Topliss-reactive ketones (excluding diaryl/α,β-unsaturated/α-hetero) is 1. The van der Waals surface area contributed by atoms with Crippen molar-refractivity contribution in [3.8, 4) is 0 Å². The lowest BCUT2D eigenvalue weighted by Gasteiger charge is -2.33. The van der Waals surface area contributed by atoms with Gasteiger partial charge in [0, 0.05) is 12.8 Å². The number of hydrogen-bond acceptors (Lipinski definition) is 2. The molecule has 0 unspecified atom stereocenters. The molecule has 2 heteroatoms. The first-order valence-electron chi connectivity index (χ1n) is 7.12. The number of hydrogen-bond donors (Lipinski definition) is 1. The highest BCUT2D eigenvalue weighted by molar-refractivity contribution is 5.82. The van der Waals surface area contributed by atoms with E-state index in [4.69, 9.17) is 0 Å². The highest BCUT2D eigenvalue weighted by atomic mass is 16.3. The van der Waals surface area contributed by atoms with Gasteiger partial charge in [0.15, 0.2) is 0 Å². The van der Waals surface area contributed by atoms with Gasteiger partial charge in [-0.2, -0.15) is 0 Å². The predicted molar refractivity (Wildman–Crippen MR) is 66.6 cm³/mol. The van der Waals surface area contributed by atoms with Crippen LogP contribution >= 0.6 is 0 Å². The fourth-order valence-corrected chi connectivity index (χ4v) is 4.03. The van der Waals surface area contributed by atoms with Crippen LogP contribution in [0, 0.1) is 11.8 Å². The van der Waals surface area contributed by atoms with Gasteiger partial charge in [-0.25, -0.2) is 0 Å². The fourth-order valence-electron chi connectivity index (χ4n) is 4.03. The Bertz CT molecular complexity index is 356. The summed E-state index contributed by atoms with van der Waals surface area (Å²) in [4.78, 5) is 11.4. The molecule has 3 atom stereocenters. The molecule has 1 saturated carbocycles. The lowest BCUT2D eigenvalue weighted by Crippen LogP contribution is -2.22. The second-order valence-electron chi connectivity index (χ2n) is 6.15. The van der Waals surface area contributed by atoms with Crippen LogP contribution in [-0.4, -0.2) is 17.0 Å². The largest absolute Gasteiger partial charge is 0.393 e. The quantitative estimate of drug-likeness (QED) is 0.708. The Morgan fingerprint density at radius 1 is 0.941 bits per heavy atom. The van der Waals surface area contributed by atoms with Crippen molar-refractivity contribution < 1.29 is 9.90 Å². The van der Waals surface area contributed by atoms with Gasteiger partial charge >= 0.3 is 0 Å². The molecular formula is C15H22O2. The van der Waals surface area contributed by atoms with Gasteiger partial charge in [-0.3, -0.25) is 4.79 Å². The first kappa shape index (κ1) is 11.5. The highest BCUT2D eigenvalue weighted by Gasteiger charge is 2.33. The van der Waals surface area contributed by atoms with Gasteiger partial charge in [0.2, 0.25) is 0 Å². The molecule has 0 aromatic heterocycles. The number of rotatable bonds is 1. The SMILES string of the molecule is O=C1CCC2=C(CC[C@H]([C@@H]3CC[C@H](O)C3)C2)C1. The number of aliphatic hydroxyl groups excluding tert-OH is 1. The minimum atomic E-state index is -0.0386. The molecule has 0 aliphatic heterocycles. The summed E-state index contributed by atoms with van der Waals surface area (Å²) in [6, 6.07) is 0. The Morgan fingerprint density at radius 3 is 2.59 bits per heavy atom. The van der Waals surface area contributed by atoms with E-state index in [0.717, 1.165) is 50.4 Å². The topological polar surface area (TPSA) is 37.3 Å². The number of aliphatic hydroxyl groups is 1. The molecule has 17 heavy (non-hydrogen) atoms. The van der Waals surface area contributed by atoms with Crippen LogP contribution in [0.4, 0.5) is 0 Å². The van der Waals surface area contributed by atoms with Gasteiger partial charge in [-0.1, -0.05) is 11.1 Å². The summed E-state index contributed by atoms with van der Waals surface area (Å²) in [5.74, 6) is 1.98. The number of carbonyl (C=O) groups is 1. The van der Waals surface area contributed by atoms with E-state index in [1.54, 1.807) is 5.57 Å². The van der Waals surface area contributed by atoms with Crippen molar-refractivity contribution in [1.82, 2.24) is 0 Å². The molecule has 0 spiro atoms. The molecule has 1 N–H and O–H groups in total. The fraction of sp³-hybridized carbons (Fsp3) is 0.800. The van der Waals surface area contributed by atoms with Gasteiger partial charge in [0.05, 0.1) is 6.10 Å². The van der Waals surface area contributed by atoms with E-state index >= 15 is 0 Å². The Balaban J connectivity index is 1.67. The summed E-state index contributed by atoms with van der Waals surface area (Å²) in [6.07, 6.45) is 9.38. The van der Waals surface area contributed by atoms with E-state index in [9.17, 15) is 9.90 Å². The number of ketones is 1. The van der Waals surface area contributed by atoms with Crippen molar-refractivity contribution in [2.24, 2.45) is 11.8 Å². The molecule has 94 valence electrons. The molecule has 3 aliphatic rings. The van der Waals surface area contributed by atoms with Crippen LogP contribution in [0.15, 0.2) is 11.1 Å². The number of allylic oxidation sites excluding steroid dienone is 2. The summed E-state index contributed by atoms with van der Waals surface area (Å²) in [7, 11) is 0. The van der Waals surface area contributed by atoms with Gasteiger partial charge in [0.1, 0.15) is 5.78 Å². The molecule has 0 amide bonds. The van der Waals surface area contributed by atoms with Gasteiger partial charge < -0.3 is 5.11 Å². The third-order valence-electron chi connectivity index (χ3n) is 5.05. The summed E-state index contributed by atoms with van der Waals surface area (Å²) in [5, 5.41) is 9.64. The lowest BCUT2D eigenvalue weighted by atomic mass is 9.72. The van der Waals surface area contributed by atoms with Crippen LogP contribution in [0.3, 0.4) is 0 Å². The molecule has 0 radical (unpaired) electrons. The monoisotopic (exact) mass is 234 g/mol. The zero-order valence-corrected chi connectivity index (χ0v) is 10.5. The maximum absolute atomic E-state index is 11.4. The zero-order chi connectivity index (χ0) is 11.8. The summed E-state index contributed by atoms with van der Waals surface area (Å²) < 4.78 is 0. The molecule has 3 rings (SSSR count). The average Bonchev–Trinajstić information content (AvgIpc) is 2.75. The van der Waals surface area contributed by atoms with Crippen LogP contribution in [-0.2, 0) is 4.79 Å². The summed E-state index contributed by atoms with van der Waals surface area (Å²) in [6.45, 7) is 0. The van der Waals surface area contributed by atoms with Crippen LogP contribution in [0.5, 0.6) is 0 Å². The van der Waals surface area contributed by atoms with Crippen molar-refractivity contribution in [3.63, 3.8) is 0 Å². The third kappa shape index (κ3) is 2.33. The second kappa shape index (κ2) is 4.56. The Hall–Kier alpha value is -0.630. The molecule has 3 aliphatic carbocycles. The van der Waals surface area contributed by atoms with E-state index in [1.165, 1.54) is 24.8 Å². The second-order valence-corrected chi connectivity index (χ2v) is 6.15. The van der Waals surface area contributed by atoms with Crippen molar-refractivity contribution in [3.05, 3.63) is 11.1 Å². The van der Waals surface area contributed by atoms with E-state index < -0.39 is 0 Å². The molecular weight excluding hydrogens is 212 g/mol. The average molecular weight is 234 g/mol. The number of carbonyl (C=O) groups excluding carboxylic acids is 1. The molecule has 0 aromatic carbocycles. The first-order chi connectivity index (χ1) is 8.22. The Morgan fingerprint density at radius 2 is 1.82 bits per heavy atom. The Labute approximate surface area is 103 Å². The van der Waals surface area contributed by atoms with Gasteiger partial charge in [-0.15, -0.1) is 0 Å². The van der Waals surface area contributed by atoms with E-state index in [0.29, 0.717) is 5.78 Å². The van der Waals surface area contributed by atoms with Crippen LogP contribution in [0.1, 0.15) is 57.8 Å². The summed E-state index contributed by atoms with van der Waals surface area (Å²) >= 11 is 0. The molecule has 1 fully saturated rings. The normalized spacial score (nSPS) is 38.4. The van der Waals surface area contributed by atoms with Gasteiger partial charge in [0.25, 0.3) is 0 Å². The predicted octanol–water partition coefficient (Wildman–Crippen LogP) is 3.00. The first-order valence-corrected chi connectivity index (χ1v) is 7.12. The highest BCUT2D eigenvalue weighted by Crippen LogP contribution is 2.44. The van der Waals surface area contributed by atoms with Crippen LogP contribution in [0.2, 0.25) is 0 Å². The van der Waals surface area contributed by atoms with Crippen LogP contribution in [0.25, 0.3) is 0 Å². The molecule has 0 saturated heterocycles. The zero-order valence-electron chi connectivity index (χ0n) is 10.5. The minimum absolute atomic E-state index is 0.0386. The molecule has 0 aromatic rings. The molecule has 2 nitrogen and oxygen atoms in total. The summed E-state index contributed by atoms with van der Waals surface area (Å²) in [5.41, 5.74) is 3.07. The Kier molecular flexibility index (Phi) is 3.08. The van der Waals surface area contributed by atoms with Crippen molar-refractivity contribution >= 4 is 5.78 Å². The lowest BCUT2D eigenvalue weighted by molar-refractivity contribution is -0.118. The van der Waals surface area contributed by atoms with E-state index in [-0.39, 0.29) is 6.10 Å². The van der Waals surface area contributed by atoms with Crippen molar-refractivity contribution in [2.75, 3.05) is 0 Å². The maximum atomic E-state index is 11.4. The third-order valence-corrected chi connectivity index (χ3v) is 5.05. The molecule has 0 heterocycles. The van der Waals surface area contributed by atoms with E-state index in [1.807, 2.05) is 0 Å². The van der Waals surface area contributed by atoms with Crippen molar-refractivity contribution in [2.45, 2.75) is 63.9 Å². The maximum Gasteiger partial charge on any atom is 0.137 e. The van der Waals surface area contributed by atoms with Crippen molar-refractivity contribution in [1.29, 1.82) is 0 Å². The smallest absolute Gasteiger partial charge is 0.137 e. The molecule has 0 bridgehead atoms. The van der Waals surface area contributed by atoms with Gasteiger partial charge in [-0.05, 0) is 56.8 Å². The minimum Gasteiger partial charge on any atom is -0.393 e. The standard InChI is InChI=1S/C15H22O2/c16-14-5-3-11-7-10(1-2-12(11)8-14)13-4-6-15(17)9-13/h10,13,15,17H,1-9H2/t10-,13+,15-/m0/s1. The van der Waals surface area contributed by atoms with E-state index in [2.05, 4.69) is 0 Å². The van der Waals surface area contributed by atoms with Crippen LogP contribution < -0.4 is 0 Å².